The predicted molar refractivity (Wildman–Crippen MR) is 148 cm³/mol. The van der Waals surface area contributed by atoms with Crippen molar-refractivity contribution in [1.29, 1.82) is 5.26 Å². The van der Waals surface area contributed by atoms with E-state index in [1.54, 1.807) is 46.1 Å². The van der Waals surface area contributed by atoms with Gasteiger partial charge in [-0.2, -0.15) is 10.4 Å². The van der Waals surface area contributed by atoms with Crippen molar-refractivity contribution in [1.82, 2.24) is 24.8 Å². The average molecular weight is 560 g/mol. The topological polar surface area (TPSA) is 136 Å². The summed E-state index contributed by atoms with van der Waals surface area (Å²) in [4.78, 5) is 33.1. The smallest absolute Gasteiger partial charge is 0.405 e. The molecule has 1 aliphatic rings. The van der Waals surface area contributed by atoms with Crippen molar-refractivity contribution in [2.45, 2.75) is 13.0 Å². The fourth-order valence-electron chi connectivity index (χ4n) is 4.81. The van der Waals surface area contributed by atoms with Crippen LogP contribution in [0, 0.1) is 11.3 Å². The molecule has 1 fully saturated rings. The van der Waals surface area contributed by atoms with Crippen LogP contribution in [0.5, 0.6) is 5.75 Å². The van der Waals surface area contributed by atoms with Crippen molar-refractivity contribution in [2.75, 3.05) is 37.7 Å². The van der Waals surface area contributed by atoms with E-state index in [4.69, 9.17) is 16.3 Å². The number of halogens is 1. The van der Waals surface area contributed by atoms with E-state index in [1.165, 1.54) is 6.20 Å². The Labute approximate surface area is 235 Å². The first-order valence-electron chi connectivity index (χ1n) is 12.7. The number of pyridine rings is 2. The number of benzene rings is 1. The first-order valence-corrected chi connectivity index (χ1v) is 13.0. The molecule has 1 aliphatic heterocycles. The molecule has 11 nitrogen and oxygen atoms in total. The first-order chi connectivity index (χ1) is 19.4. The van der Waals surface area contributed by atoms with Crippen molar-refractivity contribution in [2.24, 2.45) is 0 Å². The van der Waals surface area contributed by atoms with Gasteiger partial charge in [-0.25, -0.2) is 14.3 Å². The minimum absolute atomic E-state index is 0.333. The van der Waals surface area contributed by atoms with Gasteiger partial charge in [0, 0.05) is 48.5 Å². The second-order valence-electron chi connectivity index (χ2n) is 9.14. The largest absolute Gasteiger partial charge is 0.492 e. The number of ether oxygens (including phenoxy) is 1. The third kappa shape index (κ3) is 5.48. The Morgan fingerprint density at radius 3 is 2.62 bits per heavy atom. The summed E-state index contributed by atoms with van der Waals surface area (Å²) in [6.07, 6.45) is 3.73. The maximum Gasteiger partial charge on any atom is 0.405 e. The third-order valence-corrected chi connectivity index (χ3v) is 6.92. The van der Waals surface area contributed by atoms with Crippen LogP contribution in [0.3, 0.4) is 0 Å². The number of nitrogens with one attached hydrogen (secondary N) is 1. The van der Waals surface area contributed by atoms with Crippen LogP contribution >= 0.6 is 11.6 Å². The molecule has 3 aromatic heterocycles. The molecule has 4 heterocycles. The van der Waals surface area contributed by atoms with Gasteiger partial charge in [0.2, 0.25) is 5.91 Å². The van der Waals surface area contributed by atoms with Crippen molar-refractivity contribution < 1.29 is 19.4 Å². The van der Waals surface area contributed by atoms with Crippen LogP contribution in [-0.2, 0) is 4.79 Å². The lowest BCUT2D eigenvalue weighted by Crippen LogP contribution is -2.52. The van der Waals surface area contributed by atoms with Gasteiger partial charge in [0.05, 0.1) is 30.1 Å². The van der Waals surface area contributed by atoms with Crippen molar-refractivity contribution >= 4 is 34.9 Å². The molecular formula is C28H26ClN7O4. The fourth-order valence-corrected chi connectivity index (χ4v) is 5.01. The molecule has 0 saturated carbocycles. The molecule has 1 atom stereocenters. The molecule has 12 heteroatoms. The fraction of sp³-hybridized carbons (Fsp3) is 0.250. The summed E-state index contributed by atoms with van der Waals surface area (Å²) in [5, 5.41) is 25.9. The van der Waals surface area contributed by atoms with Gasteiger partial charge in [-0.05, 0) is 42.8 Å². The Morgan fingerprint density at radius 1 is 1.18 bits per heavy atom. The highest BCUT2D eigenvalue weighted by molar-refractivity contribution is 6.30. The quantitative estimate of drug-likeness (QED) is 0.347. The summed E-state index contributed by atoms with van der Waals surface area (Å²) in [6.45, 7) is 4.25. The Morgan fingerprint density at radius 2 is 1.98 bits per heavy atom. The van der Waals surface area contributed by atoms with Crippen LogP contribution in [0.4, 0.5) is 10.6 Å². The zero-order chi connectivity index (χ0) is 28.2. The van der Waals surface area contributed by atoms with Gasteiger partial charge in [0.15, 0.2) is 0 Å². The van der Waals surface area contributed by atoms with Gasteiger partial charge in [0.1, 0.15) is 23.7 Å². The van der Waals surface area contributed by atoms with Crippen LogP contribution in [-0.4, -0.2) is 69.4 Å². The number of fused-ring (bicyclic) bond motifs is 1. The van der Waals surface area contributed by atoms with Crippen molar-refractivity contribution in [3.8, 4) is 22.9 Å². The first kappa shape index (κ1) is 26.8. The minimum atomic E-state index is -1.29. The third-order valence-electron chi connectivity index (χ3n) is 6.69. The number of carboxylic acid groups (broad SMARTS) is 1. The molecule has 1 aromatic carbocycles. The maximum atomic E-state index is 13.3. The molecule has 0 radical (unpaired) electrons. The molecule has 1 saturated heterocycles. The zero-order valence-electron chi connectivity index (χ0n) is 21.6. The number of rotatable bonds is 7. The van der Waals surface area contributed by atoms with Crippen LogP contribution in [0.25, 0.3) is 16.6 Å². The van der Waals surface area contributed by atoms with Crippen LogP contribution in [0.15, 0.2) is 61.1 Å². The number of amides is 2. The summed E-state index contributed by atoms with van der Waals surface area (Å²) >= 11 is 6.07. The lowest BCUT2D eigenvalue weighted by atomic mass is 10.0. The van der Waals surface area contributed by atoms with E-state index < -0.39 is 12.1 Å². The molecule has 4 aromatic rings. The van der Waals surface area contributed by atoms with Crippen LogP contribution in [0.1, 0.15) is 24.1 Å². The highest BCUT2D eigenvalue weighted by atomic mass is 35.5. The van der Waals surface area contributed by atoms with Crippen LogP contribution in [0.2, 0.25) is 5.02 Å². The highest BCUT2D eigenvalue weighted by Crippen LogP contribution is 2.31. The van der Waals surface area contributed by atoms with E-state index >= 15 is 0 Å². The van der Waals surface area contributed by atoms with E-state index in [9.17, 15) is 20.0 Å². The maximum absolute atomic E-state index is 13.3. The minimum Gasteiger partial charge on any atom is -0.492 e. The summed E-state index contributed by atoms with van der Waals surface area (Å²) in [5.74, 6) is 1.05. The number of aromatic nitrogens is 3. The Balaban J connectivity index is 1.31. The van der Waals surface area contributed by atoms with Gasteiger partial charge in [0.25, 0.3) is 0 Å². The number of carbonyl (C=O) groups is 2. The Bertz CT molecular complexity index is 1590. The standard InChI is InChI=1S/C28H26ClN7O4/c1-2-40-22-13-23(26-20(14-30)16-32-36(26)17-22)19-6-7-24(31-15-19)34-8-10-35(11-9-34)27(37)25(33-28(38)39)18-4-3-5-21(29)12-18/h3-7,12-13,15-17,25,33H,2,8-11H2,1H3,(H,38,39). The molecule has 5 rings (SSSR count). The Kier molecular flexibility index (Phi) is 7.70. The number of hydrogen-bond donors (Lipinski definition) is 2. The number of hydrogen-bond acceptors (Lipinski definition) is 7. The molecule has 0 bridgehead atoms. The van der Waals surface area contributed by atoms with Gasteiger partial charge in [-0.3, -0.25) is 4.79 Å². The summed E-state index contributed by atoms with van der Waals surface area (Å²) < 4.78 is 7.33. The zero-order valence-corrected chi connectivity index (χ0v) is 22.4. The number of nitriles is 1. The molecule has 204 valence electrons. The highest BCUT2D eigenvalue weighted by Gasteiger charge is 2.30. The number of anilines is 1. The van der Waals surface area contributed by atoms with E-state index in [0.717, 1.165) is 16.9 Å². The normalized spacial score (nSPS) is 14.0. The van der Waals surface area contributed by atoms with Gasteiger partial charge < -0.3 is 25.0 Å². The molecule has 0 aliphatic carbocycles. The summed E-state index contributed by atoms with van der Waals surface area (Å²) in [6, 6.07) is 13.5. The van der Waals surface area contributed by atoms with E-state index in [2.05, 4.69) is 26.4 Å². The number of piperazine rings is 1. The lowest BCUT2D eigenvalue weighted by molar-refractivity contribution is -0.133. The van der Waals surface area contributed by atoms with Gasteiger partial charge in [-0.15, -0.1) is 0 Å². The number of carbonyl (C=O) groups excluding carboxylic acids is 1. The van der Waals surface area contributed by atoms with Crippen molar-refractivity contribution in [3.05, 3.63) is 77.2 Å². The second-order valence-corrected chi connectivity index (χ2v) is 9.58. The summed E-state index contributed by atoms with van der Waals surface area (Å²) in [7, 11) is 0. The molecule has 2 amide bonds. The molecule has 1 unspecified atom stereocenters. The van der Waals surface area contributed by atoms with Crippen LogP contribution < -0.4 is 15.0 Å². The molecule has 2 N–H and O–H groups in total. The second kappa shape index (κ2) is 11.5. The van der Waals surface area contributed by atoms with Gasteiger partial charge >= 0.3 is 6.09 Å². The Hall–Kier alpha value is -4.82. The average Bonchev–Trinajstić information content (AvgIpc) is 3.38. The van der Waals surface area contributed by atoms with E-state index in [1.807, 2.05) is 25.1 Å². The SMILES string of the molecule is CCOc1cc(-c2ccc(N3CCN(C(=O)C(NC(=O)O)c4cccc(Cl)c4)CC3)nc2)c2c(C#N)cnn2c1. The number of nitrogens with zero attached hydrogens (tertiary/aromatic N) is 6. The molecule has 0 spiro atoms. The molecular weight excluding hydrogens is 534 g/mol. The van der Waals surface area contributed by atoms with E-state index in [0.29, 0.717) is 60.2 Å². The van der Waals surface area contributed by atoms with Gasteiger partial charge in [-0.1, -0.05) is 23.7 Å². The predicted octanol–water partition coefficient (Wildman–Crippen LogP) is 3.98. The molecule has 40 heavy (non-hydrogen) atoms. The van der Waals surface area contributed by atoms with Crippen molar-refractivity contribution in [3.63, 3.8) is 0 Å². The monoisotopic (exact) mass is 559 g/mol. The van der Waals surface area contributed by atoms with E-state index in [-0.39, 0.29) is 5.91 Å². The summed E-state index contributed by atoms with van der Waals surface area (Å²) in [5.41, 5.74) is 3.21. The lowest BCUT2D eigenvalue weighted by Gasteiger charge is -2.37.